The smallest absolute Gasteiger partial charge is 0.267 e. The summed E-state index contributed by atoms with van der Waals surface area (Å²) < 4.78 is 0. The lowest BCUT2D eigenvalue weighted by molar-refractivity contribution is 0.0572. The minimum Gasteiger partial charge on any atom is -0.267 e. The molecule has 0 unspecified atom stereocenters. The molecular weight excluding hydrogens is 260 g/mol. The summed E-state index contributed by atoms with van der Waals surface area (Å²) in [4.78, 5) is 23.5. The number of amides is 2. The van der Waals surface area contributed by atoms with E-state index in [-0.39, 0.29) is 11.8 Å². The van der Waals surface area contributed by atoms with E-state index in [1.54, 1.807) is 24.3 Å². The second-order valence-electron chi connectivity index (χ2n) is 3.09. The molecule has 0 spiro atoms. The summed E-state index contributed by atoms with van der Waals surface area (Å²) in [5.41, 5.74) is 3.69. The first-order valence-electron chi connectivity index (χ1n) is 4.53. The van der Waals surface area contributed by atoms with Crippen LogP contribution in [-0.2, 0) is 0 Å². The zero-order valence-corrected chi connectivity index (χ0v) is 9.45. The molecule has 0 saturated heterocycles. The number of imide groups is 1. The number of fused-ring (bicyclic) bond motifs is 1. The zero-order valence-electron chi connectivity index (χ0n) is 7.87. The molecule has 1 heterocycles. The minimum absolute atomic E-state index is 0.281. The van der Waals surface area contributed by atoms with E-state index in [0.717, 1.165) is 5.01 Å². The van der Waals surface area contributed by atoms with Gasteiger partial charge in [-0.2, -0.15) is 0 Å². The average molecular weight is 269 g/mol. The van der Waals surface area contributed by atoms with Crippen molar-refractivity contribution in [1.29, 1.82) is 0 Å². The Morgan fingerprint density at radius 2 is 1.67 bits per heavy atom. The summed E-state index contributed by atoms with van der Waals surface area (Å²) in [6.45, 7) is 0.533. The van der Waals surface area contributed by atoms with Crippen LogP contribution < -0.4 is 5.43 Å². The summed E-state index contributed by atoms with van der Waals surface area (Å²) >= 11 is 3.22. The monoisotopic (exact) mass is 268 g/mol. The first kappa shape index (κ1) is 10.3. The molecule has 1 aromatic rings. The van der Waals surface area contributed by atoms with Crippen molar-refractivity contribution < 1.29 is 9.59 Å². The van der Waals surface area contributed by atoms with Crippen LogP contribution in [0.4, 0.5) is 0 Å². The number of carbonyl (C=O) groups excluding carboxylic acids is 2. The SMILES string of the molecule is O=C1c2ccccc2C(=O)N1NCCBr. The minimum atomic E-state index is -0.281. The van der Waals surface area contributed by atoms with Crippen molar-refractivity contribution in [1.82, 2.24) is 10.4 Å². The van der Waals surface area contributed by atoms with Crippen molar-refractivity contribution >= 4 is 27.7 Å². The Morgan fingerprint density at radius 1 is 1.13 bits per heavy atom. The molecule has 15 heavy (non-hydrogen) atoms. The third-order valence-electron chi connectivity index (χ3n) is 2.16. The average Bonchev–Trinajstić information content (AvgIpc) is 2.51. The van der Waals surface area contributed by atoms with Crippen LogP contribution in [-0.4, -0.2) is 28.7 Å². The van der Waals surface area contributed by atoms with E-state index in [4.69, 9.17) is 0 Å². The second-order valence-corrected chi connectivity index (χ2v) is 3.88. The van der Waals surface area contributed by atoms with Crippen molar-refractivity contribution in [2.75, 3.05) is 11.9 Å². The van der Waals surface area contributed by atoms with Crippen LogP contribution in [0.15, 0.2) is 24.3 Å². The van der Waals surface area contributed by atoms with Gasteiger partial charge in [-0.25, -0.2) is 10.4 Å². The topological polar surface area (TPSA) is 49.4 Å². The molecule has 0 aliphatic carbocycles. The number of hydrazine groups is 1. The third kappa shape index (κ3) is 1.68. The largest absolute Gasteiger partial charge is 0.276 e. The first-order chi connectivity index (χ1) is 7.25. The van der Waals surface area contributed by atoms with Crippen LogP contribution in [0.1, 0.15) is 20.7 Å². The number of hydrogen-bond donors (Lipinski definition) is 1. The van der Waals surface area contributed by atoms with Crippen LogP contribution in [0.25, 0.3) is 0 Å². The van der Waals surface area contributed by atoms with Gasteiger partial charge < -0.3 is 0 Å². The maximum absolute atomic E-state index is 11.7. The first-order valence-corrected chi connectivity index (χ1v) is 5.65. The summed E-state index contributed by atoms with van der Waals surface area (Å²) in [6, 6.07) is 6.81. The molecule has 2 amide bonds. The van der Waals surface area contributed by atoms with Crippen molar-refractivity contribution in [3.63, 3.8) is 0 Å². The Labute approximate surface area is 95.4 Å². The van der Waals surface area contributed by atoms with Gasteiger partial charge in [0.25, 0.3) is 11.8 Å². The molecular formula is C10H9BrN2O2. The van der Waals surface area contributed by atoms with Crippen molar-refractivity contribution in [2.24, 2.45) is 0 Å². The van der Waals surface area contributed by atoms with Crippen LogP contribution >= 0.6 is 15.9 Å². The van der Waals surface area contributed by atoms with Crippen LogP contribution in [0.5, 0.6) is 0 Å². The van der Waals surface area contributed by atoms with Crippen molar-refractivity contribution in [3.05, 3.63) is 35.4 Å². The van der Waals surface area contributed by atoms with Crippen LogP contribution in [0, 0.1) is 0 Å². The van der Waals surface area contributed by atoms with Crippen molar-refractivity contribution in [3.8, 4) is 0 Å². The van der Waals surface area contributed by atoms with Gasteiger partial charge in [0.2, 0.25) is 0 Å². The van der Waals surface area contributed by atoms with E-state index in [0.29, 0.717) is 23.0 Å². The van der Waals surface area contributed by atoms with E-state index >= 15 is 0 Å². The maximum atomic E-state index is 11.7. The number of alkyl halides is 1. The lowest BCUT2D eigenvalue weighted by Crippen LogP contribution is -2.43. The Balaban J connectivity index is 2.29. The molecule has 1 aromatic carbocycles. The van der Waals surface area contributed by atoms with Gasteiger partial charge in [0, 0.05) is 11.9 Å². The fraction of sp³-hybridized carbons (Fsp3) is 0.200. The Kier molecular flexibility index (Phi) is 2.83. The number of nitrogens with zero attached hydrogens (tertiary/aromatic N) is 1. The predicted octanol–water partition coefficient (Wildman–Crippen LogP) is 1.18. The van der Waals surface area contributed by atoms with Gasteiger partial charge in [0.15, 0.2) is 0 Å². The van der Waals surface area contributed by atoms with Gasteiger partial charge >= 0.3 is 0 Å². The maximum Gasteiger partial charge on any atom is 0.276 e. The highest BCUT2D eigenvalue weighted by Crippen LogP contribution is 2.20. The standard InChI is InChI=1S/C10H9BrN2O2/c11-5-6-12-13-9(14)7-3-1-2-4-8(7)10(13)15/h1-4,12H,5-6H2. The predicted molar refractivity (Wildman–Crippen MR) is 58.7 cm³/mol. The molecule has 0 atom stereocenters. The van der Waals surface area contributed by atoms with E-state index in [2.05, 4.69) is 21.4 Å². The molecule has 78 valence electrons. The van der Waals surface area contributed by atoms with E-state index in [1.807, 2.05) is 0 Å². The molecule has 2 rings (SSSR count). The fourth-order valence-corrected chi connectivity index (χ4v) is 1.66. The zero-order chi connectivity index (χ0) is 10.8. The normalized spacial score (nSPS) is 14.6. The lowest BCUT2D eigenvalue weighted by atomic mass is 10.1. The van der Waals surface area contributed by atoms with Gasteiger partial charge in [0.05, 0.1) is 11.1 Å². The quantitative estimate of drug-likeness (QED) is 0.662. The number of rotatable bonds is 3. The van der Waals surface area contributed by atoms with Gasteiger partial charge in [-0.3, -0.25) is 9.59 Å². The Bertz CT molecular complexity index is 385. The summed E-state index contributed by atoms with van der Waals surface area (Å²) in [6.07, 6.45) is 0. The van der Waals surface area contributed by atoms with Crippen LogP contribution in [0.2, 0.25) is 0 Å². The van der Waals surface area contributed by atoms with Gasteiger partial charge in [-0.1, -0.05) is 28.1 Å². The van der Waals surface area contributed by atoms with Crippen molar-refractivity contribution in [2.45, 2.75) is 0 Å². The number of halogens is 1. The highest BCUT2D eigenvalue weighted by Gasteiger charge is 2.34. The Morgan fingerprint density at radius 3 is 2.13 bits per heavy atom. The molecule has 0 fully saturated rings. The molecule has 1 aliphatic rings. The molecule has 0 bridgehead atoms. The molecule has 1 aliphatic heterocycles. The summed E-state index contributed by atoms with van der Waals surface area (Å²) in [5, 5.41) is 1.74. The number of carbonyl (C=O) groups is 2. The van der Waals surface area contributed by atoms with Crippen LogP contribution in [0.3, 0.4) is 0 Å². The third-order valence-corrected chi connectivity index (χ3v) is 2.55. The fourth-order valence-electron chi connectivity index (χ4n) is 1.49. The van der Waals surface area contributed by atoms with Gasteiger partial charge in [-0.15, -0.1) is 0 Å². The molecule has 0 radical (unpaired) electrons. The lowest BCUT2D eigenvalue weighted by Gasteiger charge is -2.13. The number of nitrogens with one attached hydrogen (secondary N) is 1. The van der Waals surface area contributed by atoms with E-state index < -0.39 is 0 Å². The molecule has 4 nitrogen and oxygen atoms in total. The Hall–Kier alpha value is -1.20. The summed E-state index contributed by atoms with van der Waals surface area (Å²) in [7, 11) is 0. The number of hydrogen-bond acceptors (Lipinski definition) is 3. The molecule has 1 N–H and O–H groups in total. The van der Waals surface area contributed by atoms with E-state index in [9.17, 15) is 9.59 Å². The second kappa shape index (κ2) is 4.12. The van der Waals surface area contributed by atoms with E-state index in [1.165, 1.54) is 0 Å². The molecule has 5 heteroatoms. The number of benzene rings is 1. The molecule has 0 aromatic heterocycles. The highest BCUT2D eigenvalue weighted by molar-refractivity contribution is 9.09. The summed E-state index contributed by atoms with van der Waals surface area (Å²) in [5.74, 6) is -0.562. The van der Waals surface area contributed by atoms with Gasteiger partial charge in [-0.05, 0) is 12.1 Å². The van der Waals surface area contributed by atoms with Gasteiger partial charge in [0.1, 0.15) is 0 Å². The highest BCUT2D eigenvalue weighted by atomic mass is 79.9. The molecule has 0 saturated carbocycles.